The number of aryl methyl sites for hydroxylation is 2. The van der Waals surface area contributed by atoms with E-state index < -0.39 is 5.60 Å². The lowest BCUT2D eigenvalue weighted by atomic mass is 9.84. The number of hydrogen-bond acceptors (Lipinski definition) is 3. The van der Waals surface area contributed by atoms with E-state index in [1.807, 2.05) is 62.4 Å². The van der Waals surface area contributed by atoms with Gasteiger partial charge in [-0.2, -0.15) is 0 Å². The third-order valence-electron chi connectivity index (χ3n) is 7.39. The maximum atomic E-state index is 13.5. The zero-order chi connectivity index (χ0) is 23.0. The van der Waals surface area contributed by atoms with Crippen LogP contribution in [0.5, 0.6) is 0 Å². The molecule has 3 aromatic rings. The molecular formula is C29H32N2O2. The topological polar surface area (TPSA) is 52.6 Å². The summed E-state index contributed by atoms with van der Waals surface area (Å²) >= 11 is 0. The van der Waals surface area contributed by atoms with Crippen molar-refractivity contribution in [3.8, 4) is 0 Å². The highest BCUT2D eigenvalue weighted by Crippen LogP contribution is 2.51. The molecule has 4 nitrogen and oxygen atoms in total. The average Bonchev–Trinajstić information content (AvgIpc) is 3.27. The van der Waals surface area contributed by atoms with Crippen molar-refractivity contribution in [2.75, 3.05) is 19.6 Å². The number of hydrogen-bond donors (Lipinski definition) is 2. The van der Waals surface area contributed by atoms with Gasteiger partial charge in [-0.15, -0.1) is 0 Å². The van der Waals surface area contributed by atoms with Gasteiger partial charge < -0.3 is 10.4 Å². The Labute approximate surface area is 196 Å². The van der Waals surface area contributed by atoms with E-state index in [2.05, 4.69) is 40.5 Å². The number of amides is 1. The quantitative estimate of drug-likeness (QED) is 0.583. The number of aliphatic hydroxyl groups is 1. The van der Waals surface area contributed by atoms with Gasteiger partial charge in [0.05, 0.1) is 0 Å². The molecule has 2 aliphatic rings. The van der Waals surface area contributed by atoms with Crippen LogP contribution in [0.2, 0.25) is 0 Å². The van der Waals surface area contributed by atoms with Gasteiger partial charge in [-0.1, -0.05) is 90.0 Å². The monoisotopic (exact) mass is 440 g/mol. The molecule has 4 heteroatoms. The normalized spacial score (nSPS) is 22.1. The minimum atomic E-state index is -1.71. The molecular weight excluding hydrogens is 408 g/mol. The zero-order valence-electron chi connectivity index (χ0n) is 19.4. The molecule has 2 atom stereocenters. The Kier molecular flexibility index (Phi) is 5.81. The minimum absolute atomic E-state index is 0.343. The van der Waals surface area contributed by atoms with Gasteiger partial charge in [0.1, 0.15) is 0 Å². The summed E-state index contributed by atoms with van der Waals surface area (Å²) in [4.78, 5) is 16.0. The van der Waals surface area contributed by atoms with Gasteiger partial charge in [0.25, 0.3) is 5.91 Å². The van der Waals surface area contributed by atoms with Crippen molar-refractivity contribution < 1.29 is 9.90 Å². The molecule has 1 amide bonds. The van der Waals surface area contributed by atoms with E-state index in [9.17, 15) is 9.90 Å². The van der Waals surface area contributed by atoms with Crippen molar-refractivity contribution in [3.05, 3.63) is 107 Å². The number of nitrogens with zero attached hydrogens (tertiary/aromatic N) is 1. The highest BCUT2D eigenvalue weighted by Gasteiger charge is 2.55. The first kappa shape index (κ1) is 21.9. The maximum Gasteiger partial charge on any atom is 0.261 e. The Morgan fingerprint density at radius 3 is 2.03 bits per heavy atom. The first-order chi connectivity index (χ1) is 15.9. The van der Waals surface area contributed by atoms with Crippen LogP contribution in [-0.4, -0.2) is 35.5 Å². The zero-order valence-corrected chi connectivity index (χ0v) is 19.4. The Balaban J connectivity index is 1.25. The summed E-state index contributed by atoms with van der Waals surface area (Å²) in [6, 6.07) is 25.8. The van der Waals surface area contributed by atoms with Gasteiger partial charge >= 0.3 is 0 Å². The third-order valence-corrected chi connectivity index (χ3v) is 7.39. The highest BCUT2D eigenvalue weighted by atomic mass is 16.3. The van der Waals surface area contributed by atoms with Crippen LogP contribution in [0.25, 0.3) is 0 Å². The molecule has 2 unspecified atom stereocenters. The van der Waals surface area contributed by atoms with Crippen molar-refractivity contribution >= 4 is 5.91 Å². The molecule has 2 N–H and O–H groups in total. The molecule has 33 heavy (non-hydrogen) atoms. The first-order valence-corrected chi connectivity index (χ1v) is 11.9. The van der Waals surface area contributed by atoms with E-state index in [0.29, 0.717) is 35.4 Å². The van der Waals surface area contributed by atoms with E-state index >= 15 is 0 Å². The molecule has 0 aromatic heterocycles. The van der Waals surface area contributed by atoms with Gasteiger partial charge in [0.15, 0.2) is 5.60 Å². The summed E-state index contributed by atoms with van der Waals surface area (Å²) < 4.78 is 0. The van der Waals surface area contributed by atoms with Gasteiger partial charge in [-0.3, -0.25) is 9.69 Å². The largest absolute Gasteiger partial charge is 0.372 e. The second-order valence-electron chi connectivity index (χ2n) is 9.83. The van der Waals surface area contributed by atoms with Gasteiger partial charge in [-0.05, 0) is 48.3 Å². The molecule has 0 bridgehead atoms. The molecule has 1 saturated heterocycles. The molecule has 1 saturated carbocycles. The molecule has 1 aliphatic heterocycles. The highest BCUT2D eigenvalue weighted by molar-refractivity contribution is 5.90. The molecule has 0 spiro atoms. The van der Waals surface area contributed by atoms with Crippen LogP contribution in [0.15, 0.2) is 78.9 Å². The predicted molar refractivity (Wildman–Crippen MR) is 131 cm³/mol. The molecule has 3 aromatic carbocycles. The van der Waals surface area contributed by atoms with Crippen LogP contribution in [0.4, 0.5) is 0 Å². The summed E-state index contributed by atoms with van der Waals surface area (Å²) in [6.45, 7) is 7.73. The van der Waals surface area contributed by atoms with Crippen molar-refractivity contribution in [3.63, 3.8) is 0 Å². The molecule has 0 radical (unpaired) electrons. The van der Waals surface area contributed by atoms with Gasteiger partial charge in [0, 0.05) is 26.2 Å². The van der Waals surface area contributed by atoms with Crippen molar-refractivity contribution in [2.45, 2.75) is 26.0 Å². The Hall–Kier alpha value is -2.95. The van der Waals surface area contributed by atoms with E-state index in [-0.39, 0.29) is 5.91 Å². The molecule has 2 fully saturated rings. The first-order valence-electron chi connectivity index (χ1n) is 11.9. The minimum Gasteiger partial charge on any atom is -0.372 e. The Morgan fingerprint density at radius 1 is 0.909 bits per heavy atom. The van der Waals surface area contributed by atoms with E-state index in [1.165, 1.54) is 5.56 Å². The summed E-state index contributed by atoms with van der Waals surface area (Å²) in [5, 5.41) is 14.9. The molecule has 170 valence electrons. The van der Waals surface area contributed by atoms with Crippen molar-refractivity contribution in [2.24, 2.45) is 17.8 Å². The number of fused-ring (bicyclic) bond motifs is 1. The lowest BCUT2D eigenvalue weighted by Gasteiger charge is -2.29. The second-order valence-corrected chi connectivity index (χ2v) is 9.83. The number of nitrogens with one attached hydrogen (secondary N) is 1. The Bertz CT molecular complexity index is 1090. The number of likely N-dealkylation sites (tertiary alicyclic amines) is 1. The average molecular weight is 441 g/mol. The van der Waals surface area contributed by atoms with Crippen LogP contribution < -0.4 is 5.32 Å². The lowest BCUT2D eigenvalue weighted by molar-refractivity contribution is -0.136. The van der Waals surface area contributed by atoms with E-state index in [4.69, 9.17) is 0 Å². The van der Waals surface area contributed by atoms with Gasteiger partial charge in [0.2, 0.25) is 0 Å². The van der Waals surface area contributed by atoms with Crippen molar-refractivity contribution in [1.82, 2.24) is 10.2 Å². The van der Waals surface area contributed by atoms with Crippen molar-refractivity contribution in [1.29, 1.82) is 0 Å². The fourth-order valence-corrected chi connectivity index (χ4v) is 5.52. The lowest BCUT2D eigenvalue weighted by Crippen LogP contribution is -2.46. The summed E-state index contributed by atoms with van der Waals surface area (Å²) in [7, 11) is 0. The number of rotatable bonds is 7. The van der Waals surface area contributed by atoms with E-state index in [1.54, 1.807) is 0 Å². The summed E-state index contributed by atoms with van der Waals surface area (Å²) in [6.07, 6.45) is 0. The SMILES string of the molecule is Cc1cccc(C(O)(C(=O)NCC2C3CN(Cc4ccccc4)CC23)c2cccc(C)c2)c1. The summed E-state index contributed by atoms with van der Waals surface area (Å²) in [5.74, 6) is 1.44. The molecule has 1 heterocycles. The number of piperidine rings is 1. The van der Waals surface area contributed by atoms with Crippen LogP contribution in [-0.2, 0) is 16.9 Å². The predicted octanol–water partition coefficient (Wildman–Crippen LogP) is 4.03. The third kappa shape index (κ3) is 4.33. The van der Waals surface area contributed by atoms with Crippen LogP contribution in [0.1, 0.15) is 27.8 Å². The van der Waals surface area contributed by atoms with Crippen LogP contribution in [0, 0.1) is 31.6 Å². The molecule has 5 rings (SSSR count). The Morgan fingerprint density at radius 2 is 1.48 bits per heavy atom. The maximum absolute atomic E-state index is 13.5. The fourth-order valence-electron chi connectivity index (χ4n) is 5.52. The number of benzene rings is 3. The summed E-state index contributed by atoms with van der Waals surface area (Å²) in [5.41, 5.74) is 2.89. The fraction of sp³-hybridized carbons (Fsp3) is 0.345. The number of carbonyl (C=O) groups excluding carboxylic acids is 1. The molecule has 1 aliphatic carbocycles. The van der Waals surface area contributed by atoms with E-state index in [0.717, 1.165) is 30.8 Å². The van der Waals surface area contributed by atoms with Crippen LogP contribution >= 0.6 is 0 Å². The number of carbonyl (C=O) groups is 1. The second kappa shape index (κ2) is 8.77. The standard InChI is InChI=1S/C29H32N2O2/c1-20-8-6-12-23(14-20)29(33,24-13-7-9-21(2)15-24)28(32)30-16-25-26-18-31(19-27(25)26)17-22-10-4-3-5-11-22/h3-15,25-27,33H,16-19H2,1-2H3,(H,30,32). The van der Waals surface area contributed by atoms with Crippen LogP contribution in [0.3, 0.4) is 0 Å². The smallest absolute Gasteiger partial charge is 0.261 e. The van der Waals surface area contributed by atoms with Gasteiger partial charge in [-0.25, -0.2) is 0 Å².